The Kier molecular flexibility index (Phi) is 9.77. The molecule has 4 heterocycles. The van der Waals surface area contributed by atoms with Crippen LogP contribution < -0.4 is 25.0 Å². The molecule has 3 fully saturated rings. The third-order valence-corrected chi connectivity index (χ3v) is 9.94. The Morgan fingerprint density at radius 2 is 1.80 bits per heavy atom. The van der Waals surface area contributed by atoms with Crippen molar-refractivity contribution in [3.8, 4) is 11.5 Å². The second-order valence-electron chi connectivity index (χ2n) is 12.3. The van der Waals surface area contributed by atoms with Gasteiger partial charge in [0.1, 0.15) is 23.4 Å². The van der Waals surface area contributed by atoms with Gasteiger partial charge < -0.3 is 24.6 Å². The van der Waals surface area contributed by atoms with Crippen molar-refractivity contribution in [3.63, 3.8) is 0 Å². The van der Waals surface area contributed by atoms with Crippen molar-refractivity contribution in [2.45, 2.75) is 57.0 Å². The Morgan fingerprint density at radius 3 is 2.51 bits per heavy atom. The normalized spacial score (nSPS) is 21.2. The number of piperidine rings is 2. The van der Waals surface area contributed by atoms with Gasteiger partial charge in [-0.25, -0.2) is 4.39 Å². The van der Waals surface area contributed by atoms with Crippen molar-refractivity contribution in [1.82, 2.24) is 20.4 Å². The van der Waals surface area contributed by atoms with Crippen molar-refractivity contribution >= 4 is 35.0 Å². The van der Waals surface area contributed by atoms with E-state index in [9.17, 15) is 18.8 Å². The number of carbonyl (C=O) groups excluding carboxylic acids is 3. The molecule has 0 bridgehead atoms. The maximum Gasteiger partial charge on any atom is 0.259 e. The van der Waals surface area contributed by atoms with E-state index >= 15 is 0 Å². The molecule has 6 rings (SSSR count). The minimum Gasteiger partial charge on any atom is -0.496 e. The number of nitrogens with zero attached hydrogens (tertiary/aromatic N) is 3. The Balaban J connectivity index is 0.983. The first-order chi connectivity index (χ1) is 21.8. The van der Waals surface area contributed by atoms with Crippen LogP contribution in [0.25, 0.3) is 0 Å². The van der Waals surface area contributed by atoms with Crippen molar-refractivity contribution in [3.05, 3.63) is 51.8 Å². The number of fused-ring (bicyclic) bond motifs is 1. The van der Waals surface area contributed by atoms with Crippen LogP contribution in [0.2, 0.25) is 5.02 Å². The predicted octanol–water partition coefficient (Wildman–Crippen LogP) is 3.70. The molecule has 1 atom stereocenters. The molecule has 0 aromatic heterocycles. The second-order valence-corrected chi connectivity index (χ2v) is 12.6. The molecule has 3 amide bonds. The zero-order valence-electron chi connectivity index (χ0n) is 25.7. The Bertz CT molecular complexity index is 1440. The molecule has 0 spiro atoms. The third-order valence-electron chi connectivity index (χ3n) is 9.52. The van der Waals surface area contributed by atoms with Gasteiger partial charge in [-0.2, -0.15) is 0 Å². The molecule has 2 N–H and O–H groups in total. The molecule has 1 unspecified atom stereocenters. The summed E-state index contributed by atoms with van der Waals surface area (Å²) >= 11 is 6.92. The number of imide groups is 1. The van der Waals surface area contributed by atoms with Gasteiger partial charge >= 0.3 is 0 Å². The molecule has 242 valence electrons. The summed E-state index contributed by atoms with van der Waals surface area (Å²) in [5.41, 5.74) is 2.66. The summed E-state index contributed by atoms with van der Waals surface area (Å²) in [6.07, 6.45) is 4.26. The summed E-state index contributed by atoms with van der Waals surface area (Å²) in [5, 5.41) is 6.16. The Morgan fingerprint density at radius 1 is 1.02 bits per heavy atom. The van der Waals surface area contributed by atoms with Gasteiger partial charge in [0.15, 0.2) is 0 Å². The second kappa shape index (κ2) is 13.9. The summed E-state index contributed by atoms with van der Waals surface area (Å²) in [4.78, 5) is 43.6. The number of ether oxygens (including phenoxy) is 2. The lowest BCUT2D eigenvalue weighted by atomic mass is 9.90. The first-order valence-electron chi connectivity index (χ1n) is 16.0. The largest absolute Gasteiger partial charge is 0.496 e. The average Bonchev–Trinajstić information content (AvgIpc) is 3.39. The molecule has 4 aliphatic heterocycles. The highest BCUT2D eigenvalue weighted by Crippen LogP contribution is 2.43. The number of piperazine rings is 1. The fraction of sp³-hybridized carbons (Fsp3) is 0.545. The SMILES string of the molecule is COc1cc(N2CCN(CCCCOc3ccc(C4CCNCC4)c(F)c3)CC2)c(Cl)c2c1C(=O)N(C1CCC(=O)NC1=O)C2. The van der Waals surface area contributed by atoms with E-state index in [-0.39, 0.29) is 42.9 Å². The maximum absolute atomic E-state index is 14.7. The van der Waals surface area contributed by atoms with Crippen molar-refractivity contribution in [2.24, 2.45) is 0 Å². The van der Waals surface area contributed by atoms with Crippen molar-refractivity contribution in [1.29, 1.82) is 0 Å². The number of amides is 3. The molecular formula is C33H41ClFN5O5. The fourth-order valence-corrected chi connectivity index (χ4v) is 7.29. The van der Waals surface area contributed by atoms with Crippen LogP contribution in [0, 0.1) is 5.82 Å². The quantitative estimate of drug-likeness (QED) is 0.299. The van der Waals surface area contributed by atoms with Gasteiger partial charge in [-0.05, 0) is 69.3 Å². The Hall–Kier alpha value is -3.41. The Labute approximate surface area is 268 Å². The summed E-state index contributed by atoms with van der Waals surface area (Å²) in [6.45, 7) is 6.81. The van der Waals surface area contributed by atoms with E-state index in [1.165, 1.54) is 18.1 Å². The number of rotatable bonds is 10. The number of anilines is 1. The molecule has 4 aliphatic rings. The lowest BCUT2D eigenvalue weighted by Gasteiger charge is -2.37. The van der Waals surface area contributed by atoms with Gasteiger partial charge in [-0.15, -0.1) is 0 Å². The minimum absolute atomic E-state index is 0.170. The highest BCUT2D eigenvalue weighted by atomic mass is 35.5. The number of unbranched alkanes of at least 4 members (excludes halogenated alkanes) is 1. The number of benzene rings is 2. The topological polar surface area (TPSA) is 103 Å². The molecule has 2 aromatic carbocycles. The summed E-state index contributed by atoms with van der Waals surface area (Å²) in [7, 11) is 1.53. The summed E-state index contributed by atoms with van der Waals surface area (Å²) in [5.74, 6) is 0.0438. The fourth-order valence-electron chi connectivity index (χ4n) is 6.97. The van der Waals surface area contributed by atoms with E-state index in [2.05, 4.69) is 20.4 Å². The van der Waals surface area contributed by atoms with E-state index < -0.39 is 11.9 Å². The van der Waals surface area contributed by atoms with Crippen LogP contribution in [0.5, 0.6) is 11.5 Å². The highest BCUT2D eigenvalue weighted by molar-refractivity contribution is 6.35. The zero-order chi connectivity index (χ0) is 31.5. The van der Waals surface area contributed by atoms with Gasteiger partial charge in [0, 0.05) is 56.8 Å². The summed E-state index contributed by atoms with van der Waals surface area (Å²) in [6, 6.07) is 6.41. The van der Waals surface area contributed by atoms with E-state index in [1.807, 2.05) is 18.2 Å². The van der Waals surface area contributed by atoms with E-state index in [1.54, 1.807) is 0 Å². The van der Waals surface area contributed by atoms with Crippen LogP contribution in [0.15, 0.2) is 24.3 Å². The monoisotopic (exact) mass is 641 g/mol. The lowest BCUT2D eigenvalue weighted by Crippen LogP contribution is -2.52. The van der Waals surface area contributed by atoms with Crippen LogP contribution in [0.3, 0.4) is 0 Å². The standard InChI is InChI=1S/C33H41ClFN5O5/c1-44-28-19-27(31(34)24-20-40(33(43)30(24)28)26-6-7-29(41)37-32(26)42)39-15-13-38(14-16-39)12-2-3-17-45-22-4-5-23(25(35)18-22)21-8-10-36-11-9-21/h4-5,18-19,21,26,36H,2-3,6-17,20H2,1H3,(H,37,41,42). The molecule has 0 saturated carbocycles. The predicted molar refractivity (Wildman–Crippen MR) is 169 cm³/mol. The van der Waals surface area contributed by atoms with Crippen LogP contribution in [0.4, 0.5) is 10.1 Å². The third kappa shape index (κ3) is 6.76. The summed E-state index contributed by atoms with van der Waals surface area (Å²) < 4.78 is 26.2. The molecule has 2 aromatic rings. The van der Waals surface area contributed by atoms with Gasteiger partial charge in [0.05, 0.1) is 30.0 Å². The van der Waals surface area contributed by atoms with Gasteiger partial charge in [0.2, 0.25) is 11.8 Å². The molecule has 10 nitrogen and oxygen atoms in total. The smallest absolute Gasteiger partial charge is 0.259 e. The average molecular weight is 642 g/mol. The highest BCUT2D eigenvalue weighted by Gasteiger charge is 2.42. The van der Waals surface area contributed by atoms with Gasteiger partial charge in [-0.1, -0.05) is 17.7 Å². The number of methoxy groups -OCH3 is 1. The van der Waals surface area contributed by atoms with E-state index in [4.69, 9.17) is 21.1 Å². The van der Waals surface area contributed by atoms with Crippen molar-refractivity contribution < 1.29 is 28.2 Å². The van der Waals surface area contributed by atoms with Crippen molar-refractivity contribution in [2.75, 3.05) is 64.4 Å². The molecule has 12 heteroatoms. The lowest BCUT2D eigenvalue weighted by molar-refractivity contribution is -0.136. The van der Waals surface area contributed by atoms with Gasteiger partial charge in [0.25, 0.3) is 5.91 Å². The molecule has 0 radical (unpaired) electrons. The van der Waals surface area contributed by atoms with Crippen LogP contribution >= 0.6 is 11.6 Å². The van der Waals surface area contributed by atoms with E-state index in [0.717, 1.165) is 82.7 Å². The first-order valence-corrected chi connectivity index (χ1v) is 16.4. The molecular weight excluding hydrogens is 601 g/mol. The number of halogens is 2. The van der Waals surface area contributed by atoms with Gasteiger partial charge in [-0.3, -0.25) is 24.6 Å². The maximum atomic E-state index is 14.7. The molecule has 0 aliphatic carbocycles. The first kappa shape index (κ1) is 31.6. The van der Waals surface area contributed by atoms with E-state index in [0.29, 0.717) is 34.3 Å². The van der Waals surface area contributed by atoms with Crippen LogP contribution in [0.1, 0.15) is 65.9 Å². The number of hydrogen-bond acceptors (Lipinski definition) is 8. The number of carbonyl (C=O) groups is 3. The zero-order valence-corrected chi connectivity index (χ0v) is 26.5. The van der Waals surface area contributed by atoms with Crippen LogP contribution in [-0.2, 0) is 16.1 Å². The number of hydrogen-bond donors (Lipinski definition) is 2. The van der Waals surface area contributed by atoms with Crippen LogP contribution in [-0.4, -0.2) is 93.1 Å². The molecule has 3 saturated heterocycles. The number of nitrogens with one attached hydrogen (secondary N) is 2. The molecule has 45 heavy (non-hydrogen) atoms. The minimum atomic E-state index is -0.716.